The third kappa shape index (κ3) is 2.21. The third-order valence-electron chi connectivity index (χ3n) is 2.73. The number of sulfone groups is 1. The van der Waals surface area contributed by atoms with Crippen molar-refractivity contribution in [1.82, 2.24) is 0 Å². The maximum absolute atomic E-state index is 11.3. The van der Waals surface area contributed by atoms with Crippen molar-refractivity contribution in [2.45, 2.75) is 12.3 Å². The van der Waals surface area contributed by atoms with E-state index in [0.29, 0.717) is 6.42 Å². The molecule has 0 radical (unpaired) electrons. The van der Waals surface area contributed by atoms with Gasteiger partial charge in [0.25, 0.3) is 0 Å². The quantitative estimate of drug-likeness (QED) is 0.793. The Kier molecular flexibility index (Phi) is 2.81. The Bertz CT molecular complexity index is 470. The Morgan fingerprint density at radius 2 is 2.40 bits per heavy atom. The molecule has 0 N–H and O–H groups in total. The number of nitrogens with zero attached hydrogens (tertiary/aromatic N) is 1. The zero-order chi connectivity index (χ0) is 10.9. The molecule has 0 aromatic carbocycles. The summed E-state index contributed by atoms with van der Waals surface area (Å²) in [4.78, 5) is 0.986. The molecule has 0 bridgehead atoms. The van der Waals surface area contributed by atoms with Gasteiger partial charge in [-0.15, -0.1) is 11.3 Å². The van der Waals surface area contributed by atoms with E-state index in [9.17, 15) is 8.42 Å². The van der Waals surface area contributed by atoms with Crippen LogP contribution in [0.3, 0.4) is 0 Å². The Morgan fingerprint density at radius 1 is 1.60 bits per heavy atom. The highest BCUT2D eigenvalue weighted by molar-refractivity contribution is 7.91. The number of hydrogen-bond donors (Lipinski definition) is 0. The van der Waals surface area contributed by atoms with Crippen LogP contribution in [0.4, 0.5) is 0 Å². The number of hydrogen-bond acceptors (Lipinski definition) is 4. The Morgan fingerprint density at radius 3 is 2.87 bits per heavy atom. The molecule has 0 amide bonds. The summed E-state index contributed by atoms with van der Waals surface area (Å²) < 4.78 is 22.6. The minimum Gasteiger partial charge on any atom is -0.229 e. The minimum atomic E-state index is -2.89. The van der Waals surface area contributed by atoms with E-state index in [4.69, 9.17) is 5.26 Å². The van der Waals surface area contributed by atoms with Crippen LogP contribution in [0, 0.1) is 17.2 Å². The first-order valence-corrected chi connectivity index (χ1v) is 7.46. The average molecular weight is 241 g/mol. The highest BCUT2D eigenvalue weighted by Crippen LogP contribution is 2.34. The molecule has 0 saturated carbocycles. The van der Waals surface area contributed by atoms with Gasteiger partial charge in [-0.1, -0.05) is 6.07 Å². The van der Waals surface area contributed by atoms with Crippen molar-refractivity contribution in [3.63, 3.8) is 0 Å². The van der Waals surface area contributed by atoms with Crippen LogP contribution in [0.2, 0.25) is 0 Å². The zero-order valence-electron chi connectivity index (χ0n) is 8.09. The maximum Gasteiger partial charge on any atom is 0.150 e. The van der Waals surface area contributed by atoms with Crippen molar-refractivity contribution in [3.8, 4) is 6.07 Å². The van der Waals surface area contributed by atoms with E-state index in [1.165, 1.54) is 11.3 Å². The van der Waals surface area contributed by atoms with Gasteiger partial charge in [0.05, 0.1) is 23.5 Å². The molecule has 3 nitrogen and oxygen atoms in total. The molecule has 2 rings (SSSR count). The fraction of sp³-hybridized carbons (Fsp3) is 0.500. The van der Waals surface area contributed by atoms with Crippen LogP contribution >= 0.6 is 11.3 Å². The molecule has 0 spiro atoms. The van der Waals surface area contributed by atoms with Gasteiger partial charge in [-0.25, -0.2) is 8.42 Å². The first-order valence-electron chi connectivity index (χ1n) is 4.76. The summed E-state index contributed by atoms with van der Waals surface area (Å²) in [6.07, 6.45) is 0.623. The van der Waals surface area contributed by atoms with Gasteiger partial charge in [-0.2, -0.15) is 5.26 Å². The number of rotatable bonds is 2. The van der Waals surface area contributed by atoms with E-state index >= 15 is 0 Å². The second-order valence-corrected chi connectivity index (χ2v) is 6.99. The van der Waals surface area contributed by atoms with Crippen LogP contribution in [-0.4, -0.2) is 19.9 Å². The topological polar surface area (TPSA) is 57.9 Å². The predicted octanol–water partition coefficient (Wildman–Crippen LogP) is 1.79. The third-order valence-corrected chi connectivity index (χ3v) is 5.48. The molecule has 0 aliphatic carbocycles. The molecular weight excluding hydrogens is 230 g/mol. The Hall–Kier alpha value is -0.860. The molecule has 15 heavy (non-hydrogen) atoms. The van der Waals surface area contributed by atoms with Gasteiger partial charge in [-0.3, -0.25) is 0 Å². The van der Waals surface area contributed by atoms with Gasteiger partial charge in [0.15, 0.2) is 9.84 Å². The molecule has 1 aromatic rings. The number of thiophene rings is 1. The van der Waals surface area contributed by atoms with E-state index in [0.717, 1.165) is 4.88 Å². The highest BCUT2D eigenvalue weighted by Gasteiger charge is 2.34. The Labute approximate surface area is 93.3 Å². The van der Waals surface area contributed by atoms with Crippen LogP contribution in [0.5, 0.6) is 0 Å². The van der Waals surface area contributed by atoms with Gasteiger partial charge in [-0.05, 0) is 23.8 Å². The second-order valence-electron chi connectivity index (χ2n) is 3.79. The lowest BCUT2D eigenvalue weighted by atomic mass is 9.92. The molecular formula is C10H11NO2S2. The van der Waals surface area contributed by atoms with E-state index in [-0.39, 0.29) is 23.3 Å². The summed E-state index contributed by atoms with van der Waals surface area (Å²) in [5, 5.41) is 11.0. The molecule has 5 heteroatoms. The summed E-state index contributed by atoms with van der Waals surface area (Å²) in [5.74, 6) is 0.144. The molecule has 2 unspecified atom stereocenters. The molecule has 2 atom stereocenters. The maximum atomic E-state index is 11.3. The molecule has 1 saturated heterocycles. The molecule has 2 heterocycles. The van der Waals surface area contributed by atoms with E-state index in [2.05, 4.69) is 6.07 Å². The average Bonchev–Trinajstić information content (AvgIpc) is 2.77. The van der Waals surface area contributed by atoms with E-state index in [1.54, 1.807) is 0 Å². The standard InChI is InChI=1S/C10H11NO2S2/c11-6-9(10-2-1-4-14-10)8-3-5-15(12,13)7-8/h1-2,4,8-9H,3,5,7H2. The van der Waals surface area contributed by atoms with E-state index in [1.807, 2.05) is 17.5 Å². The normalized spacial score (nSPS) is 25.9. The summed E-state index contributed by atoms with van der Waals surface area (Å²) >= 11 is 1.53. The molecule has 1 aliphatic rings. The van der Waals surface area contributed by atoms with Crippen LogP contribution in [-0.2, 0) is 9.84 Å². The lowest BCUT2D eigenvalue weighted by Crippen LogP contribution is -2.12. The van der Waals surface area contributed by atoms with Crippen molar-refractivity contribution < 1.29 is 8.42 Å². The molecule has 80 valence electrons. The van der Waals surface area contributed by atoms with Crippen LogP contribution in [0.15, 0.2) is 17.5 Å². The fourth-order valence-electron chi connectivity index (χ4n) is 1.96. The summed E-state index contributed by atoms with van der Waals surface area (Å²) in [5.41, 5.74) is 0. The van der Waals surface area contributed by atoms with Crippen molar-refractivity contribution in [2.24, 2.45) is 5.92 Å². The lowest BCUT2D eigenvalue weighted by Gasteiger charge is -2.12. The van der Waals surface area contributed by atoms with Crippen molar-refractivity contribution in [3.05, 3.63) is 22.4 Å². The van der Waals surface area contributed by atoms with E-state index < -0.39 is 9.84 Å². The van der Waals surface area contributed by atoms with Crippen molar-refractivity contribution in [2.75, 3.05) is 11.5 Å². The molecule has 1 aromatic heterocycles. The largest absolute Gasteiger partial charge is 0.229 e. The van der Waals surface area contributed by atoms with Crippen LogP contribution in [0.1, 0.15) is 17.2 Å². The smallest absolute Gasteiger partial charge is 0.150 e. The van der Waals surface area contributed by atoms with Gasteiger partial charge in [0.2, 0.25) is 0 Å². The van der Waals surface area contributed by atoms with Gasteiger partial charge in [0.1, 0.15) is 0 Å². The van der Waals surface area contributed by atoms with Crippen LogP contribution in [0.25, 0.3) is 0 Å². The summed E-state index contributed by atoms with van der Waals surface area (Å²) in [7, 11) is -2.89. The Balaban J connectivity index is 2.21. The SMILES string of the molecule is N#CC(c1cccs1)C1CCS(=O)(=O)C1. The van der Waals surface area contributed by atoms with Gasteiger partial charge < -0.3 is 0 Å². The van der Waals surface area contributed by atoms with Crippen LogP contribution < -0.4 is 0 Å². The molecule has 1 fully saturated rings. The zero-order valence-corrected chi connectivity index (χ0v) is 9.72. The lowest BCUT2D eigenvalue weighted by molar-refractivity contribution is 0.546. The van der Waals surface area contributed by atoms with Gasteiger partial charge >= 0.3 is 0 Å². The van der Waals surface area contributed by atoms with Crippen molar-refractivity contribution in [1.29, 1.82) is 5.26 Å². The minimum absolute atomic E-state index is 0.0151. The predicted molar refractivity (Wildman–Crippen MR) is 59.4 cm³/mol. The monoisotopic (exact) mass is 241 g/mol. The second kappa shape index (κ2) is 3.95. The first kappa shape index (κ1) is 10.7. The summed E-state index contributed by atoms with van der Waals surface area (Å²) in [6, 6.07) is 6.03. The summed E-state index contributed by atoms with van der Waals surface area (Å²) in [6.45, 7) is 0. The van der Waals surface area contributed by atoms with Crippen molar-refractivity contribution >= 4 is 21.2 Å². The highest BCUT2D eigenvalue weighted by atomic mass is 32.2. The van der Waals surface area contributed by atoms with Gasteiger partial charge in [0, 0.05) is 4.88 Å². The first-order chi connectivity index (χ1) is 7.12. The number of nitriles is 1. The molecule has 1 aliphatic heterocycles. The fourth-order valence-corrected chi connectivity index (χ4v) is 4.66.